The molecule has 3 unspecified atom stereocenters. The fourth-order valence-electron chi connectivity index (χ4n) is 2.69. The monoisotopic (exact) mass is 255 g/mol. The predicted octanol–water partition coefficient (Wildman–Crippen LogP) is 2.66. The van der Waals surface area contributed by atoms with Gasteiger partial charge in [-0.25, -0.2) is 4.98 Å². The van der Waals surface area contributed by atoms with Gasteiger partial charge in [0, 0.05) is 6.04 Å². The molecule has 94 valence electrons. The molecule has 0 spiro atoms. The van der Waals surface area contributed by atoms with Gasteiger partial charge in [0.25, 0.3) is 5.56 Å². The van der Waals surface area contributed by atoms with Gasteiger partial charge in [0.2, 0.25) is 0 Å². The molecular formula is C12H18ClN3O. The van der Waals surface area contributed by atoms with E-state index in [1.807, 2.05) is 0 Å². The van der Waals surface area contributed by atoms with Crippen LogP contribution in [0.2, 0.25) is 5.02 Å². The van der Waals surface area contributed by atoms with Crippen molar-refractivity contribution in [2.24, 2.45) is 11.8 Å². The van der Waals surface area contributed by atoms with Gasteiger partial charge in [0.15, 0.2) is 5.82 Å². The number of rotatable bonds is 3. The van der Waals surface area contributed by atoms with Crippen molar-refractivity contribution in [1.82, 2.24) is 9.97 Å². The van der Waals surface area contributed by atoms with Crippen LogP contribution in [0, 0.1) is 11.8 Å². The maximum atomic E-state index is 11.3. The summed E-state index contributed by atoms with van der Waals surface area (Å²) in [6.45, 7) is 4.47. The first-order valence-corrected chi connectivity index (χ1v) is 6.51. The Bertz CT molecular complexity index is 446. The van der Waals surface area contributed by atoms with Gasteiger partial charge in [-0.3, -0.25) is 4.79 Å². The number of H-pyrrole nitrogens is 1. The molecule has 1 aromatic rings. The second-order valence-electron chi connectivity index (χ2n) is 4.75. The number of hydrogen-bond acceptors (Lipinski definition) is 3. The lowest BCUT2D eigenvalue weighted by Gasteiger charge is -2.21. The first-order chi connectivity index (χ1) is 8.13. The molecule has 3 atom stereocenters. The molecule has 0 radical (unpaired) electrons. The van der Waals surface area contributed by atoms with Crippen molar-refractivity contribution < 1.29 is 0 Å². The first kappa shape index (κ1) is 12.4. The van der Waals surface area contributed by atoms with Crippen molar-refractivity contribution in [3.8, 4) is 0 Å². The van der Waals surface area contributed by atoms with E-state index in [2.05, 4.69) is 29.1 Å². The van der Waals surface area contributed by atoms with Crippen molar-refractivity contribution in [3.05, 3.63) is 21.7 Å². The molecule has 1 heterocycles. The molecule has 4 nitrogen and oxygen atoms in total. The van der Waals surface area contributed by atoms with Crippen LogP contribution in [0.1, 0.15) is 33.1 Å². The van der Waals surface area contributed by atoms with Crippen molar-refractivity contribution in [2.75, 3.05) is 5.32 Å². The predicted molar refractivity (Wildman–Crippen MR) is 69.5 cm³/mol. The van der Waals surface area contributed by atoms with E-state index in [1.165, 1.54) is 19.2 Å². The zero-order valence-corrected chi connectivity index (χ0v) is 10.9. The Morgan fingerprint density at radius 3 is 3.00 bits per heavy atom. The van der Waals surface area contributed by atoms with E-state index in [0.29, 0.717) is 17.8 Å². The van der Waals surface area contributed by atoms with Crippen molar-refractivity contribution in [1.29, 1.82) is 0 Å². The van der Waals surface area contributed by atoms with Crippen molar-refractivity contribution in [3.63, 3.8) is 0 Å². The normalized spacial score (nSPS) is 28.3. The molecule has 2 rings (SSSR count). The number of aromatic nitrogens is 2. The zero-order valence-electron chi connectivity index (χ0n) is 10.2. The summed E-state index contributed by atoms with van der Waals surface area (Å²) in [5.41, 5.74) is -0.290. The standard InChI is InChI=1S/C12H18ClN3O/c1-3-8-4-5-9(7(8)2)16-11-10(13)12(17)15-6-14-11/h6-9H,3-5H2,1-2H3,(H2,14,15,16,17). The molecule has 2 N–H and O–H groups in total. The van der Waals surface area contributed by atoms with E-state index in [4.69, 9.17) is 11.6 Å². The molecule has 17 heavy (non-hydrogen) atoms. The summed E-state index contributed by atoms with van der Waals surface area (Å²) in [5, 5.41) is 3.45. The van der Waals surface area contributed by atoms with Gasteiger partial charge >= 0.3 is 0 Å². The molecule has 0 aromatic carbocycles. The zero-order chi connectivity index (χ0) is 12.4. The Kier molecular flexibility index (Phi) is 3.72. The maximum Gasteiger partial charge on any atom is 0.271 e. The quantitative estimate of drug-likeness (QED) is 0.873. The van der Waals surface area contributed by atoms with Gasteiger partial charge in [-0.05, 0) is 24.7 Å². The number of halogens is 1. The first-order valence-electron chi connectivity index (χ1n) is 6.13. The Hall–Kier alpha value is -1.03. The molecule has 1 saturated carbocycles. The number of nitrogens with zero attached hydrogens (tertiary/aromatic N) is 1. The molecule has 5 heteroatoms. The van der Waals surface area contributed by atoms with Crippen LogP contribution in [0.4, 0.5) is 5.82 Å². The molecule has 0 aliphatic heterocycles. The van der Waals surface area contributed by atoms with Crippen LogP contribution in [0.3, 0.4) is 0 Å². The Morgan fingerprint density at radius 2 is 2.35 bits per heavy atom. The fourth-order valence-corrected chi connectivity index (χ4v) is 2.84. The number of nitrogens with one attached hydrogen (secondary N) is 2. The molecule has 0 saturated heterocycles. The molecule has 1 fully saturated rings. The summed E-state index contributed by atoms with van der Waals surface area (Å²) in [5.74, 6) is 1.86. The van der Waals surface area contributed by atoms with Crippen LogP contribution in [-0.4, -0.2) is 16.0 Å². The van der Waals surface area contributed by atoms with Crippen molar-refractivity contribution >= 4 is 17.4 Å². The Labute approximate surface area is 106 Å². The third-order valence-electron chi connectivity index (χ3n) is 3.87. The molecule has 1 aromatic heterocycles. The third kappa shape index (κ3) is 2.46. The molecular weight excluding hydrogens is 238 g/mol. The SMILES string of the molecule is CCC1CCC(Nc2nc[nH]c(=O)c2Cl)C1C. The molecule has 1 aliphatic rings. The van der Waals surface area contributed by atoms with E-state index in [1.54, 1.807) is 0 Å². The number of anilines is 1. The minimum Gasteiger partial charge on any atom is -0.366 e. The summed E-state index contributed by atoms with van der Waals surface area (Å²) < 4.78 is 0. The second kappa shape index (κ2) is 5.08. The Morgan fingerprint density at radius 1 is 1.59 bits per heavy atom. The van der Waals surface area contributed by atoms with Crippen LogP contribution in [0.15, 0.2) is 11.1 Å². The van der Waals surface area contributed by atoms with Crippen molar-refractivity contribution in [2.45, 2.75) is 39.2 Å². The molecule has 1 aliphatic carbocycles. The average molecular weight is 256 g/mol. The van der Waals surface area contributed by atoms with E-state index < -0.39 is 0 Å². The second-order valence-corrected chi connectivity index (χ2v) is 5.13. The summed E-state index contributed by atoms with van der Waals surface area (Å²) >= 11 is 5.92. The highest BCUT2D eigenvalue weighted by atomic mass is 35.5. The maximum absolute atomic E-state index is 11.3. The highest BCUT2D eigenvalue weighted by Gasteiger charge is 2.32. The minimum absolute atomic E-state index is 0.152. The van der Waals surface area contributed by atoms with Gasteiger partial charge in [-0.2, -0.15) is 0 Å². The summed E-state index contributed by atoms with van der Waals surface area (Å²) in [4.78, 5) is 17.9. The highest BCUT2D eigenvalue weighted by Crippen LogP contribution is 2.35. The molecule has 0 bridgehead atoms. The van der Waals surface area contributed by atoms with Gasteiger partial charge < -0.3 is 10.3 Å². The van der Waals surface area contributed by atoms with Gasteiger partial charge in [-0.1, -0.05) is 31.9 Å². The van der Waals surface area contributed by atoms with Crippen LogP contribution in [-0.2, 0) is 0 Å². The minimum atomic E-state index is -0.290. The largest absolute Gasteiger partial charge is 0.366 e. The lowest BCUT2D eigenvalue weighted by Crippen LogP contribution is -2.26. The van der Waals surface area contributed by atoms with E-state index in [0.717, 1.165) is 12.3 Å². The van der Waals surface area contributed by atoms with Gasteiger partial charge in [0.1, 0.15) is 5.02 Å². The number of aromatic amines is 1. The fraction of sp³-hybridized carbons (Fsp3) is 0.667. The third-order valence-corrected chi connectivity index (χ3v) is 4.22. The topological polar surface area (TPSA) is 57.8 Å². The smallest absolute Gasteiger partial charge is 0.271 e. The van der Waals surface area contributed by atoms with Crippen LogP contribution in [0.5, 0.6) is 0 Å². The van der Waals surface area contributed by atoms with Gasteiger partial charge in [-0.15, -0.1) is 0 Å². The molecule has 0 amide bonds. The Balaban J connectivity index is 2.12. The van der Waals surface area contributed by atoms with Crippen LogP contribution >= 0.6 is 11.6 Å². The summed E-state index contributed by atoms with van der Waals surface area (Å²) in [6, 6.07) is 0.367. The average Bonchev–Trinajstić information content (AvgIpc) is 2.66. The lowest BCUT2D eigenvalue weighted by molar-refractivity contribution is 0.391. The number of hydrogen-bond donors (Lipinski definition) is 2. The van der Waals surface area contributed by atoms with E-state index in [-0.39, 0.29) is 10.6 Å². The summed E-state index contributed by atoms with van der Waals surface area (Å²) in [6.07, 6.45) is 4.93. The highest BCUT2D eigenvalue weighted by molar-refractivity contribution is 6.32. The van der Waals surface area contributed by atoms with E-state index >= 15 is 0 Å². The lowest BCUT2D eigenvalue weighted by atomic mass is 9.93. The van der Waals surface area contributed by atoms with Crippen LogP contribution in [0.25, 0.3) is 0 Å². The van der Waals surface area contributed by atoms with E-state index in [9.17, 15) is 4.79 Å². The van der Waals surface area contributed by atoms with Gasteiger partial charge in [0.05, 0.1) is 6.33 Å². The summed E-state index contributed by atoms with van der Waals surface area (Å²) in [7, 11) is 0. The van der Waals surface area contributed by atoms with Crippen LogP contribution < -0.4 is 10.9 Å².